The van der Waals surface area contributed by atoms with Crippen molar-refractivity contribution in [2.24, 2.45) is 0 Å². The molecule has 1 atom stereocenters. The zero-order chi connectivity index (χ0) is 16.7. The minimum absolute atomic E-state index is 0.0564. The van der Waals surface area contributed by atoms with Crippen LogP contribution in [0.1, 0.15) is 20.8 Å². The lowest BCUT2D eigenvalue weighted by atomic mass is 10.3. The summed E-state index contributed by atoms with van der Waals surface area (Å²) in [5.74, 6) is 1.70. The second kappa shape index (κ2) is 9.14. The van der Waals surface area contributed by atoms with Gasteiger partial charge in [-0.3, -0.25) is 4.79 Å². The Balaban J connectivity index is 1.88. The highest BCUT2D eigenvalue weighted by molar-refractivity contribution is 8.03. The summed E-state index contributed by atoms with van der Waals surface area (Å²) in [6.07, 6.45) is 0. The van der Waals surface area contributed by atoms with Crippen LogP contribution in [0.25, 0.3) is 0 Å². The first-order chi connectivity index (χ1) is 11.1. The zero-order valence-electron chi connectivity index (χ0n) is 13.2. The summed E-state index contributed by atoms with van der Waals surface area (Å²) in [7, 11) is 0. The van der Waals surface area contributed by atoms with E-state index in [-0.39, 0.29) is 11.2 Å². The van der Waals surface area contributed by atoms with Gasteiger partial charge in [0.1, 0.15) is 5.75 Å². The summed E-state index contributed by atoms with van der Waals surface area (Å²) >= 11 is 4.61. The number of rotatable bonds is 8. The van der Waals surface area contributed by atoms with Gasteiger partial charge >= 0.3 is 0 Å². The maximum Gasteiger partial charge on any atom is 0.237 e. The molecule has 0 fully saturated rings. The van der Waals surface area contributed by atoms with E-state index in [0.29, 0.717) is 6.61 Å². The molecule has 1 aromatic carbocycles. The monoisotopic (exact) mass is 369 g/mol. The first kappa shape index (κ1) is 18.1. The predicted octanol–water partition coefficient (Wildman–Crippen LogP) is 4.17. The smallest absolute Gasteiger partial charge is 0.237 e. The van der Waals surface area contributed by atoms with E-state index in [2.05, 4.69) is 22.4 Å². The van der Waals surface area contributed by atoms with Gasteiger partial charge in [0.05, 0.1) is 11.9 Å². The number of aromatic nitrogens is 2. The summed E-state index contributed by atoms with van der Waals surface area (Å²) in [5, 5.41) is 10.9. The average molecular weight is 370 g/mol. The Morgan fingerprint density at radius 2 is 1.96 bits per heavy atom. The lowest BCUT2D eigenvalue weighted by Gasteiger charge is -2.11. The van der Waals surface area contributed by atoms with Crippen LogP contribution in [0.2, 0.25) is 0 Å². The van der Waals surface area contributed by atoms with Crippen molar-refractivity contribution in [3.05, 3.63) is 24.3 Å². The molecule has 0 bridgehead atoms. The minimum Gasteiger partial charge on any atom is -0.494 e. The molecule has 0 saturated heterocycles. The molecule has 124 valence electrons. The van der Waals surface area contributed by atoms with Crippen molar-refractivity contribution in [3.8, 4) is 5.75 Å². The van der Waals surface area contributed by atoms with E-state index < -0.39 is 0 Å². The first-order valence-corrected chi connectivity index (χ1v) is 9.97. The molecule has 0 radical (unpaired) electrons. The lowest BCUT2D eigenvalue weighted by Crippen LogP contribution is -2.22. The van der Waals surface area contributed by atoms with E-state index in [1.165, 1.54) is 23.1 Å². The van der Waals surface area contributed by atoms with Gasteiger partial charge < -0.3 is 10.1 Å². The van der Waals surface area contributed by atoms with E-state index in [4.69, 9.17) is 4.74 Å². The Labute approximate surface area is 148 Å². The highest BCUT2D eigenvalue weighted by Crippen LogP contribution is 2.31. The number of nitrogens with one attached hydrogen (secondary N) is 1. The third kappa shape index (κ3) is 5.71. The first-order valence-electron chi connectivity index (χ1n) is 7.29. The molecule has 0 saturated carbocycles. The number of benzene rings is 1. The number of carbonyl (C=O) groups is 1. The lowest BCUT2D eigenvalue weighted by molar-refractivity contribution is -0.115. The number of anilines is 1. The van der Waals surface area contributed by atoms with Crippen LogP contribution in [-0.2, 0) is 4.79 Å². The Bertz CT molecular complexity index is 631. The number of thioether (sulfide) groups is 2. The van der Waals surface area contributed by atoms with Gasteiger partial charge in [-0.1, -0.05) is 41.8 Å². The third-order valence-electron chi connectivity index (χ3n) is 2.74. The second-order valence-electron chi connectivity index (χ2n) is 4.47. The van der Waals surface area contributed by atoms with E-state index >= 15 is 0 Å². The number of hydrogen-bond acceptors (Lipinski definition) is 7. The van der Waals surface area contributed by atoms with Gasteiger partial charge in [0.25, 0.3) is 0 Å². The van der Waals surface area contributed by atoms with Crippen LogP contribution >= 0.6 is 34.9 Å². The Hall–Kier alpha value is -1.25. The molecule has 0 aliphatic heterocycles. The Kier molecular flexibility index (Phi) is 7.19. The molecule has 0 unspecified atom stereocenters. The van der Waals surface area contributed by atoms with Crippen LogP contribution in [0.5, 0.6) is 5.75 Å². The molecule has 5 nitrogen and oxygen atoms in total. The molecule has 1 aromatic heterocycles. The van der Waals surface area contributed by atoms with Gasteiger partial charge in [0, 0.05) is 5.69 Å². The maximum atomic E-state index is 12.2. The second-order valence-corrected chi connectivity index (χ2v) is 8.55. The van der Waals surface area contributed by atoms with Crippen LogP contribution in [0, 0.1) is 0 Å². The number of ether oxygens (including phenoxy) is 1. The van der Waals surface area contributed by atoms with Crippen molar-refractivity contribution in [1.29, 1.82) is 0 Å². The molecule has 1 amide bonds. The normalized spacial score (nSPS) is 12.0. The van der Waals surface area contributed by atoms with Crippen molar-refractivity contribution in [2.45, 2.75) is 34.7 Å². The molecule has 2 rings (SSSR count). The summed E-state index contributed by atoms with van der Waals surface area (Å²) in [6.45, 7) is 6.50. The van der Waals surface area contributed by atoms with E-state index in [1.54, 1.807) is 11.8 Å². The molecule has 0 aliphatic carbocycles. The molecule has 8 heteroatoms. The minimum atomic E-state index is -0.242. The number of hydrogen-bond donors (Lipinski definition) is 1. The van der Waals surface area contributed by atoms with Gasteiger partial charge in [-0.2, -0.15) is 0 Å². The molecule has 23 heavy (non-hydrogen) atoms. The molecule has 0 aliphatic rings. The van der Waals surface area contributed by atoms with Crippen LogP contribution in [0.15, 0.2) is 32.9 Å². The highest BCUT2D eigenvalue weighted by Gasteiger charge is 2.17. The zero-order valence-corrected chi connectivity index (χ0v) is 15.7. The SMILES string of the molecule is CCOc1ccc(NC(=O)[C@@H](C)Sc2nnc(SCC)s2)cc1. The van der Waals surface area contributed by atoms with Crippen LogP contribution < -0.4 is 10.1 Å². The van der Waals surface area contributed by atoms with Gasteiger partial charge in [0.2, 0.25) is 5.91 Å². The van der Waals surface area contributed by atoms with Crippen LogP contribution in [0.3, 0.4) is 0 Å². The topological polar surface area (TPSA) is 64.1 Å². The fraction of sp³-hybridized carbons (Fsp3) is 0.400. The summed E-state index contributed by atoms with van der Waals surface area (Å²) < 4.78 is 7.14. The molecular formula is C15H19N3O2S3. The summed E-state index contributed by atoms with van der Waals surface area (Å²) in [4.78, 5) is 12.2. The highest BCUT2D eigenvalue weighted by atomic mass is 32.2. The molecule has 2 aromatic rings. The van der Waals surface area contributed by atoms with Crippen LogP contribution in [-0.4, -0.2) is 33.7 Å². The molecule has 0 spiro atoms. The van der Waals surface area contributed by atoms with Crippen molar-refractivity contribution in [1.82, 2.24) is 10.2 Å². The summed E-state index contributed by atoms with van der Waals surface area (Å²) in [6, 6.07) is 7.36. The molecule has 1 N–H and O–H groups in total. The maximum absolute atomic E-state index is 12.2. The third-order valence-corrected chi connectivity index (χ3v) is 5.86. The average Bonchev–Trinajstić information content (AvgIpc) is 2.97. The predicted molar refractivity (Wildman–Crippen MR) is 97.9 cm³/mol. The van der Waals surface area contributed by atoms with Gasteiger partial charge in [-0.15, -0.1) is 10.2 Å². The Morgan fingerprint density at radius 1 is 1.26 bits per heavy atom. The van der Waals surface area contributed by atoms with E-state index in [1.807, 2.05) is 38.1 Å². The van der Waals surface area contributed by atoms with Gasteiger partial charge in [-0.05, 0) is 43.9 Å². The largest absolute Gasteiger partial charge is 0.494 e. The van der Waals surface area contributed by atoms with E-state index in [9.17, 15) is 4.79 Å². The van der Waals surface area contributed by atoms with Crippen molar-refractivity contribution >= 4 is 46.5 Å². The molecule has 1 heterocycles. The van der Waals surface area contributed by atoms with Crippen molar-refractivity contribution < 1.29 is 9.53 Å². The van der Waals surface area contributed by atoms with Gasteiger partial charge in [-0.25, -0.2) is 0 Å². The quantitative estimate of drug-likeness (QED) is 0.705. The molecular weight excluding hydrogens is 350 g/mol. The standard InChI is InChI=1S/C15H19N3O2S3/c1-4-20-12-8-6-11(7-9-12)16-13(19)10(3)22-15-18-17-14(23-15)21-5-2/h6-10H,4-5H2,1-3H3,(H,16,19)/t10-/m1/s1. The number of nitrogens with zero attached hydrogens (tertiary/aromatic N) is 2. The van der Waals surface area contributed by atoms with Gasteiger partial charge in [0.15, 0.2) is 8.68 Å². The Morgan fingerprint density at radius 3 is 2.61 bits per heavy atom. The van der Waals surface area contributed by atoms with Crippen LogP contribution in [0.4, 0.5) is 5.69 Å². The summed E-state index contributed by atoms with van der Waals surface area (Å²) in [5.41, 5.74) is 0.755. The van der Waals surface area contributed by atoms with E-state index in [0.717, 1.165) is 25.9 Å². The fourth-order valence-corrected chi connectivity index (χ4v) is 4.74. The number of amides is 1. The number of carbonyl (C=O) groups excluding carboxylic acids is 1. The fourth-order valence-electron chi connectivity index (χ4n) is 1.68. The van der Waals surface area contributed by atoms with Crippen molar-refractivity contribution in [3.63, 3.8) is 0 Å². The van der Waals surface area contributed by atoms with Crippen molar-refractivity contribution in [2.75, 3.05) is 17.7 Å².